The Bertz CT molecular complexity index is 158. The number of nitrogens with one attached hydrogen (secondary N) is 1. The highest BCUT2D eigenvalue weighted by Crippen LogP contribution is 1.97. The predicted octanol–water partition coefficient (Wildman–Crippen LogP) is 1.59. The molecule has 0 aliphatic heterocycles. The van der Waals surface area contributed by atoms with E-state index in [1.165, 1.54) is 0 Å². The zero-order valence-corrected chi connectivity index (χ0v) is 5.97. The molecule has 0 aromatic carbocycles. The van der Waals surface area contributed by atoms with E-state index in [0.29, 0.717) is 0 Å². The molecule has 0 fully saturated rings. The highest BCUT2D eigenvalue weighted by Gasteiger charge is 1.91. The molecule has 1 heterocycles. The molecule has 1 radical (unpaired) electrons. The second-order valence-electron chi connectivity index (χ2n) is 2.11. The Balaban J connectivity index is 2.15. The minimum atomic E-state index is 0.808. The number of rotatable bonds is 4. The summed E-state index contributed by atoms with van der Waals surface area (Å²) in [5.74, 6) is 0.980. The molecule has 2 nitrogen and oxygen atoms in total. The third-order valence-corrected chi connectivity index (χ3v) is 1.23. The van der Waals surface area contributed by atoms with Crippen LogP contribution in [0.1, 0.15) is 12.2 Å². The smallest absolute Gasteiger partial charge is 0.117 e. The van der Waals surface area contributed by atoms with Crippen LogP contribution < -0.4 is 5.32 Å². The minimum Gasteiger partial charge on any atom is -0.468 e. The van der Waals surface area contributed by atoms with E-state index in [9.17, 15) is 0 Å². The largest absolute Gasteiger partial charge is 0.468 e. The predicted molar refractivity (Wildman–Crippen MR) is 40.4 cm³/mol. The van der Waals surface area contributed by atoms with Crippen LogP contribution in [0.2, 0.25) is 0 Å². The zero-order chi connectivity index (χ0) is 7.23. The molecule has 1 aromatic heterocycles. The SMILES string of the molecule is [CH2]CCNCc1ccco1. The van der Waals surface area contributed by atoms with Crippen molar-refractivity contribution in [1.82, 2.24) is 5.32 Å². The Hall–Kier alpha value is -0.760. The van der Waals surface area contributed by atoms with Gasteiger partial charge in [-0.2, -0.15) is 0 Å². The summed E-state index contributed by atoms with van der Waals surface area (Å²) in [7, 11) is 0. The molecule has 55 valence electrons. The van der Waals surface area contributed by atoms with Crippen LogP contribution in [-0.4, -0.2) is 6.54 Å². The second-order valence-corrected chi connectivity index (χ2v) is 2.11. The van der Waals surface area contributed by atoms with Gasteiger partial charge in [0.2, 0.25) is 0 Å². The lowest BCUT2D eigenvalue weighted by Gasteiger charge is -1.97. The average Bonchev–Trinajstić information content (AvgIpc) is 2.41. The van der Waals surface area contributed by atoms with Crippen LogP contribution in [-0.2, 0) is 6.54 Å². The standard InChI is InChI=1S/C8H12NO/c1-2-5-9-7-8-4-3-6-10-8/h3-4,6,9H,1-2,5,7H2. The molecular formula is C8H12NO. The first-order valence-corrected chi connectivity index (χ1v) is 3.46. The van der Waals surface area contributed by atoms with E-state index >= 15 is 0 Å². The maximum Gasteiger partial charge on any atom is 0.117 e. The summed E-state index contributed by atoms with van der Waals surface area (Å²) < 4.78 is 5.10. The third-order valence-electron chi connectivity index (χ3n) is 1.23. The second kappa shape index (κ2) is 4.12. The first-order chi connectivity index (χ1) is 4.93. The van der Waals surface area contributed by atoms with Crippen LogP contribution >= 0.6 is 0 Å². The van der Waals surface area contributed by atoms with E-state index < -0.39 is 0 Å². The fourth-order valence-corrected chi connectivity index (χ4v) is 0.750. The van der Waals surface area contributed by atoms with Crippen molar-refractivity contribution < 1.29 is 4.42 Å². The quantitative estimate of drug-likeness (QED) is 0.639. The minimum absolute atomic E-state index is 0.808. The van der Waals surface area contributed by atoms with E-state index in [4.69, 9.17) is 4.42 Å². The van der Waals surface area contributed by atoms with E-state index in [2.05, 4.69) is 12.2 Å². The molecule has 0 amide bonds. The summed E-state index contributed by atoms with van der Waals surface area (Å²) in [6, 6.07) is 3.84. The van der Waals surface area contributed by atoms with Gasteiger partial charge in [-0.1, -0.05) is 6.92 Å². The Labute approximate surface area is 61.2 Å². The maximum atomic E-state index is 5.10. The summed E-state index contributed by atoms with van der Waals surface area (Å²) in [4.78, 5) is 0. The molecule has 2 heteroatoms. The van der Waals surface area contributed by atoms with Crippen molar-refractivity contribution in [1.29, 1.82) is 0 Å². The fourth-order valence-electron chi connectivity index (χ4n) is 0.750. The molecule has 10 heavy (non-hydrogen) atoms. The normalized spacial score (nSPS) is 10.1. The Morgan fingerprint density at radius 1 is 1.60 bits per heavy atom. The van der Waals surface area contributed by atoms with Crippen LogP contribution in [0.25, 0.3) is 0 Å². The summed E-state index contributed by atoms with van der Waals surface area (Å²) in [5.41, 5.74) is 0. The molecule has 0 unspecified atom stereocenters. The molecule has 1 rings (SSSR count). The summed E-state index contributed by atoms with van der Waals surface area (Å²) in [6.45, 7) is 5.46. The molecule has 0 saturated heterocycles. The van der Waals surface area contributed by atoms with Crippen LogP contribution in [0.3, 0.4) is 0 Å². The highest BCUT2D eigenvalue weighted by atomic mass is 16.3. The monoisotopic (exact) mass is 138 g/mol. The summed E-state index contributed by atoms with van der Waals surface area (Å²) in [6.07, 6.45) is 2.60. The zero-order valence-electron chi connectivity index (χ0n) is 5.97. The molecule has 0 bridgehead atoms. The van der Waals surface area contributed by atoms with Crippen molar-refractivity contribution in [3.8, 4) is 0 Å². The van der Waals surface area contributed by atoms with Crippen molar-refractivity contribution in [3.05, 3.63) is 31.1 Å². The highest BCUT2D eigenvalue weighted by molar-refractivity contribution is 4.97. The van der Waals surface area contributed by atoms with Crippen molar-refractivity contribution in [2.24, 2.45) is 0 Å². The molecule has 1 aromatic rings. The van der Waals surface area contributed by atoms with Gasteiger partial charge in [0.05, 0.1) is 12.8 Å². The van der Waals surface area contributed by atoms with E-state index in [0.717, 1.165) is 25.3 Å². The van der Waals surface area contributed by atoms with Crippen LogP contribution in [0, 0.1) is 6.92 Å². The van der Waals surface area contributed by atoms with Gasteiger partial charge in [0.25, 0.3) is 0 Å². The lowest BCUT2D eigenvalue weighted by Crippen LogP contribution is -2.12. The van der Waals surface area contributed by atoms with Gasteiger partial charge < -0.3 is 9.73 Å². The molecule has 1 N–H and O–H groups in total. The van der Waals surface area contributed by atoms with Crippen LogP contribution in [0.5, 0.6) is 0 Å². The molecule has 0 aliphatic carbocycles. The topological polar surface area (TPSA) is 25.2 Å². The van der Waals surface area contributed by atoms with E-state index in [-0.39, 0.29) is 0 Å². The fraction of sp³-hybridized carbons (Fsp3) is 0.375. The van der Waals surface area contributed by atoms with Gasteiger partial charge in [0.15, 0.2) is 0 Å². The van der Waals surface area contributed by atoms with Gasteiger partial charge in [0, 0.05) is 0 Å². The van der Waals surface area contributed by atoms with Crippen molar-refractivity contribution in [2.75, 3.05) is 6.54 Å². The average molecular weight is 138 g/mol. The van der Waals surface area contributed by atoms with Gasteiger partial charge in [-0.25, -0.2) is 0 Å². The van der Waals surface area contributed by atoms with Gasteiger partial charge in [-0.3, -0.25) is 0 Å². The molecule has 0 atom stereocenters. The van der Waals surface area contributed by atoms with Gasteiger partial charge >= 0.3 is 0 Å². The first-order valence-electron chi connectivity index (χ1n) is 3.46. The van der Waals surface area contributed by atoms with E-state index in [1.54, 1.807) is 6.26 Å². The Kier molecular flexibility index (Phi) is 3.03. The van der Waals surface area contributed by atoms with Crippen molar-refractivity contribution >= 4 is 0 Å². The van der Waals surface area contributed by atoms with Gasteiger partial charge in [-0.15, -0.1) is 0 Å². The summed E-state index contributed by atoms with van der Waals surface area (Å²) in [5, 5.41) is 3.18. The Morgan fingerprint density at radius 3 is 3.10 bits per heavy atom. The maximum absolute atomic E-state index is 5.10. The van der Waals surface area contributed by atoms with E-state index in [1.807, 2.05) is 12.1 Å². The molecule has 0 saturated carbocycles. The lowest BCUT2D eigenvalue weighted by atomic mass is 10.4. The molecular weight excluding hydrogens is 126 g/mol. The van der Waals surface area contributed by atoms with Crippen molar-refractivity contribution in [3.63, 3.8) is 0 Å². The number of hydrogen-bond acceptors (Lipinski definition) is 2. The number of furan rings is 1. The lowest BCUT2D eigenvalue weighted by molar-refractivity contribution is 0.485. The number of hydrogen-bond donors (Lipinski definition) is 1. The third kappa shape index (κ3) is 2.23. The van der Waals surface area contributed by atoms with Crippen LogP contribution in [0.15, 0.2) is 22.8 Å². The Morgan fingerprint density at radius 2 is 2.50 bits per heavy atom. The molecule has 0 aliphatic rings. The van der Waals surface area contributed by atoms with Gasteiger partial charge in [-0.05, 0) is 25.1 Å². The van der Waals surface area contributed by atoms with Crippen molar-refractivity contribution in [2.45, 2.75) is 13.0 Å². The summed E-state index contributed by atoms with van der Waals surface area (Å²) >= 11 is 0. The first kappa shape index (κ1) is 7.35. The van der Waals surface area contributed by atoms with Gasteiger partial charge in [0.1, 0.15) is 5.76 Å². The van der Waals surface area contributed by atoms with Crippen LogP contribution in [0.4, 0.5) is 0 Å². The molecule has 0 spiro atoms.